The summed E-state index contributed by atoms with van der Waals surface area (Å²) in [5.74, 6) is -0.165. The van der Waals surface area contributed by atoms with Crippen LogP contribution in [0.1, 0.15) is 22.1 Å². The Morgan fingerprint density at radius 3 is 2.40 bits per heavy atom. The molecule has 3 aromatic rings. The fourth-order valence-electron chi connectivity index (χ4n) is 2.17. The van der Waals surface area contributed by atoms with Crippen LogP contribution in [0.4, 0.5) is 0 Å². The van der Waals surface area contributed by atoms with Gasteiger partial charge in [-0.05, 0) is 17.7 Å². The van der Waals surface area contributed by atoms with E-state index in [0.29, 0.717) is 5.69 Å². The topological polar surface area (TPSA) is 56.0 Å². The summed E-state index contributed by atoms with van der Waals surface area (Å²) in [7, 11) is 0. The highest BCUT2D eigenvalue weighted by Gasteiger charge is 2.18. The first-order valence-electron chi connectivity index (χ1n) is 6.46. The summed E-state index contributed by atoms with van der Waals surface area (Å²) in [5.41, 5.74) is 8.03. The minimum Gasteiger partial charge on any atom is -0.317 e. The molecule has 3 nitrogen and oxygen atoms in total. The number of fused-ring (bicyclic) bond motifs is 1. The SMILES string of the molecule is NC(C(=O)c1ccc2ccccc2n1)c1ccccc1. The first-order valence-corrected chi connectivity index (χ1v) is 6.46. The Morgan fingerprint density at radius 1 is 0.900 bits per heavy atom. The van der Waals surface area contributed by atoms with Gasteiger partial charge < -0.3 is 5.73 Å². The van der Waals surface area contributed by atoms with Gasteiger partial charge in [-0.1, -0.05) is 54.6 Å². The van der Waals surface area contributed by atoms with Gasteiger partial charge in [-0.2, -0.15) is 0 Å². The molecule has 3 heteroatoms. The van der Waals surface area contributed by atoms with E-state index in [9.17, 15) is 4.79 Å². The maximum Gasteiger partial charge on any atom is 0.202 e. The van der Waals surface area contributed by atoms with Crippen molar-refractivity contribution in [2.75, 3.05) is 0 Å². The lowest BCUT2D eigenvalue weighted by Gasteiger charge is -2.10. The lowest BCUT2D eigenvalue weighted by Crippen LogP contribution is -2.22. The zero-order valence-corrected chi connectivity index (χ0v) is 10.9. The van der Waals surface area contributed by atoms with Gasteiger partial charge >= 0.3 is 0 Å². The van der Waals surface area contributed by atoms with Crippen LogP contribution in [0.2, 0.25) is 0 Å². The first kappa shape index (κ1) is 12.5. The Kier molecular flexibility index (Phi) is 3.27. The van der Waals surface area contributed by atoms with Crippen LogP contribution in [0.5, 0.6) is 0 Å². The highest BCUT2D eigenvalue weighted by atomic mass is 16.1. The maximum absolute atomic E-state index is 12.4. The quantitative estimate of drug-likeness (QED) is 0.738. The van der Waals surface area contributed by atoms with Crippen LogP contribution in [0, 0.1) is 0 Å². The minimum atomic E-state index is -0.676. The Bertz CT molecular complexity index is 753. The van der Waals surface area contributed by atoms with Crippen LogP contribution >= 0.6 is 0 Å². The van der Waals surface area contributed by atoms with Crippen molar-refractivity contribution in [2.45, 2.75) is 6.04 Å². The van der Waals surface area contributed by atoms with Gasteiger partial charge in [-0.3, -0.25) is 4.79 Å². The highest BCUT2D eigenvalue weighted by Crippen LogP contribution is 2.17. The normalized spacial score (nSPS) is 12.2. The monoisotopic (exact) mass is 262 g/mol. The van der Waals surface area contributed by atoms with E-state index in [-0.39, 0.29) is 5.78 Å². The smallest absolute Gasteiger partial charge is 0.202 e. The molecule has 0 fully saturated rings. The summed E-state index contributed by atoms with van der Waals surface area (Å²) < 4.78 is 0. The van der Waals surface area contributed by atoms with E-state index in [4.69, 9.17) is 5.73 Å². The number of benzene rings is 2. The van der Waals surface area contributed by atoms with Crippen molar-refractivity contribution >= 4 is 16.7 Å². The number of nitrogens with two attached hydrogens (primary N) is 1. The average Bonchev–Trinajstić information content (AvgIpc) is 2.54. The molecule has 0 aliphatic heterocycles. The third kappa shape index (κ3) is 2.31. The summed E-state index contributed by atoms with van der Waals surface area (Å²) in [6.07, 6.45) is 0. The molecule has 0 radical (unpaired) electrons. The first-order chi connectivity index (χ1) is 9.75. The van der Waals surface area contributed by atoms with Gasteiger partial charge in [0, 0.05) is 5.39 Å². The number of hydrogen-bond acceptors (Lipinski definition) is 3. The van der Waals surface area contributed by atoms with Crippen molar-refractivity contribution in [3.05, 3.63) is 78.0 Å². The van der Waals surface area contributed by atoms with Crippen LogP contribution in [0.3, 0.4) is 0 Å². The molecule has 1 heterocycles. The molecule has 0 saturated heterocycles. The van der Waals surface area contributed by atoms with Crippen LogP contribution in [-0.4, -0.2) is 10.8 Å². The predicted octanol–water partition coefficient (Wildman–Crippen LogP) is 3.12. The van der Waals surface area contributed by atoms with Crippen LogP contribution < -0.4 is 5.73 Å². The minimum absolute atomic E-state index is 0.165. The maximum atomic E-state index is 12.4. The number of rotatable bonds is 3. The molecule has 0 aliphatic rings. The number of para-hydroxylation sites is 1. The molecule has 3 rings (SSSR count). The lowest BCUT2D eigenvalue weighted by atomic mass is 10.0. The molecule has 0 aliphatic carbocycles. The van der Waals surface area contributed by atoms with E-state index in [1.54, 1.807) is 6.07 Å². The Hall–Kier alpha value is -2.52. The van der Waals surface area contributed by atoms with Crippen molar-refractivity contribution in [2.24, 2.45) is 5.73 Å². The fraction of sp³-hybridized carbons (Fsp3) is 0.0588. The van der Waals surface area contributed by atoms with Gasteiger partial charge in [0.1, 0.15) is 5.69 Å². The van der Waals surface area contributed by atoms with Crippen LogP contribution in [0.25, 0.3) is 10.9 Å². The van der Waals surface area contributed by atoms with Gasteiger partial charge in [0.05, 0.1) is 11.6 Å². The molecule has 1 atom stereocenters. The summed E-state index contributed by atoms with van der Waals surface area (Å²) >= 11 is 0. The second-order valence-electron chi connectivity index (χ2n) is 4.64. The second kappa shape index (κ2) is 5.23. The van der Waals surface area contributed by atoms with Gasteiger partial charge in [0.15, 0.2) is 0 Å². The van der Waals surface area contributed by atoms with E-state index in [1.807, 2.05) is 60.7 Å². The number of aromatic nitrogens is 1. The standard InChI is InChI=1S/C17H14N2O/c18-16(13-7-2-1-3-8-13)17(20)15-11-10-12-6-4-5-9-14(12)19-15/h1-11,16H,18H2. The fourth-order valence-corrected chi connectivity index (χ4v) is 2.17. The Labute approximate surface area is 117 Å². The number of hydrogen-bond donors (Lipinski definition) is 1. The number of ketones is 1. The summed E-state index contributed by atoms with van der Waals surface area (Å²) in [6.45, 7) is 0. The number of carbonyl (C=O) groups excluding carboxylic acids is 1. The second-order valence-corrected chi connectivity index (χ2v) is 4.64. The molecule has 1 unspecified atom stereocenters. The molecule has 1 aromatic heterocycles. The predicted molar refractivity (Wildman–Crippen MR) is 79.4 cm³/mol. The Balaban J connectivity index is 1.96. The van der Waals surface area contributed by atoms with E-state index < -0.39 is 6.04 Å². The third-order valence-corrected chi connectivity index (χ3v) is 3.29. The molecule has 0 amide bonds. The largest absolute Gasteiger partial charge is 0.317 e. The van der Waals surface area contributed by atoms with Gasteiger partial charge in [-0.25, -0.2) is 4.98 Å². The molecule has 2 aromatic carbocycles. The van der Waals surface area contributed by atoms with Crippen molar-refractivity contribution in [1.82, 2.24) is 4.98 Å². The molecular weight excluding hydrogens is 248 g/mol. The summed E-state index contributed by atoms with van der Waals surface area (Å²) in [6, 6.07) is 20.0. The molecular formula is C17H14N2O. The van der Waals surface area contributed by atoms with Crippen molar-refractivity contribution in [1.29, 1.82) is 0 Å². The van der Waals surface area contributed by atoms with E-state index in [0.717, 1.165) is 16.5 Å². The summed E-state index contributed by atoms with van der Waals surface area (Å²) in [5, 5.41) is 1.01. The summed E-state index contributed by atoms with van der Waals surface area (Å²) in [4.78, 5) is 16.8. The molecule has 0 spiro atoms. The van der Waals surface area contributed by atoms with Crippen molar-refractivity contribution in [3.63, 3.8) is 0 Å². The molecule has 0 saturated carbocycles. The highest BCUT2D eigenvalue weighted by molar-refractivity contribution is 6.00. The van der Waals surface area contributed by atoms with Gasteiger partial charge in [0.2, 0.25) is 5.78 Å². The Morgan fingerprint density at radius 2 is 1.60 bits per heavy atom. The van der Waals surface area contributed by atoms with E-state index in [2.05, 4.69) is 4.98 Å². The average molecular weight is 262 g/mol. The third-order valence-electron chi connectivity index (χ3n) is 3.29. The molecule has 0 bridgehead atoms. The molecule has 2 N–H and O–H groups in total. The van der Waals surface area contributed by atoms with Gasteiger partial charge in [0.25, 0.3) is 0 Å². The van der Waals surface area contributed by atoms with Crippen LogP contribution in [-0.2, 0) is 0 Å². The lowest BCUT2D eigenvalue weighted by molar-refractivity contribution is 0.0957. The zero-order valence-electron chi connectivity index (χ0n) is 10.9. The van der Waals surface area contributed by atoms with Crippen LogP contribution in [0.15, 0.2) is 66.7 Å². The van der Waals surface area contributed by atoms with Gasteiger partial charge in [-0.15, -0.1) is 0 Å². The number of nitrogens with zero attached hydrogens (tertiary/aromatic N) is 1. The zero-order chi connectivity index (χ0) is 13.9. The number of carbonyl (C=O) groups is 1. The van der Waals surface area contributed by atoms with Crippen molar-refractivity contribution < 1.29 is 4.79 Å². The van der Waals surface area contributed by atoms with E-state index in [1.165, 1.54) is 0 Å². The number of pyridine rings is 1. The van der Waals surface area contributed by atoms with Crippen molar-refractivity contribution in [3.8, 4) is 0 Å². The molecule has 20 heavy (non-hydrogen) atoms. The number of Topliss-reactive ketones (excluding diaryl/α,β-unsaturated/α-hetero) is 1. The molecule has 98 valence electrons. The van der Waals surface area contributed by atoms with E-state index >= 15 is 0 Å².